The van der Waals surface area contributed by atoms with Crippen LogP contribution in [0.4, 0.5) is 0 Å². The minimum Gasteiger partial charge on any atom is -0.392 e. The number of benzene rings is 1. The third kappa shape index (κ3) is 4.39. The fraction of sp³-hybridized carbons (Fsp3) is 0.630. The van der Waals surface area contributed by atoms with E-state index in [2.05, 4.69) is 51.1 Å². The minimum absolute atomic E-state index is 0.0481. The number of hydrogen-bond donors (Lipinski definition) is 1. The smallest absolute Gasteiger partial charge is 0.225 e. The van der Waals surface area contributed by atoms with Crippen molar-refractivity contribution in [3.63, 3.8) is 0 Å². The number of rotatable bonds is 5. The van der Waals surface area contributed by atoms with Crippen molar-refractivity contribution in [2.24, 2.45) is 23.2 Å². The third-order valence-corrected chi connectivity index (χ3v) is 10.8. The molecule has 1 saturated carbocycles. The van der Waals surface area contributed by atoms with E-state index in [9.17, 15) is 9.90 Å². The molecule has 1 saturated heterocycles. The standard InChI is InChI=1S/C27H36N2O2S2/c1-17(26(31)29-13-7-8-14-29)20-11-12-27(3)15-21-24(18(2)23(27)25(20)30)28-22(33-21)16-32-19-9-5-4-6-10-19/h4-6,9-10,17-18,20,23,25,30H,7-8,11-16H2,1-3H3/t17-,18-,20?,23+,25-,27-/m0/s1. The van der Waals surface area contributed by atoms with E-state index >= 15 is 0 Å². The van der Waals surface area contributed by atoms with Gasteiger partial charge in [-0.2, -0.15) is 0 Å². The molecule has 2 aromatic rings. The van der Waals surface area contributed by atoms with Crippen LogP contribution in [-0.4, -0.2) is 40.1 Å². The molecular formula is C27H36N2O2S2. The summed E-state index contributed by atoms with van der Waals surface area (Å²) < 4.78 is 0. The van der Waals surface area contributed by atoms with E-state index in [1.165, 1.54) is 20.5 Å². The largest absolute Gasteiger partial charge is 0.392 e. The quantitative estimate of drug-likeness (QED) is 0.549. The summed E-state index contributed by atoms with van der Waals surface area (Å²) >= 11 is 3.71. The Morgan fingerprint density at radius 2 is 2.03 bits per heavy atom. The van der Waals surface area contributed by atoms with Crippen molar-refractivity contribution in [3.05, 3.63) is 45.9 Å². The van der Waals surface area contributed by atoms with Gasteiger partial charge in [-0.3, -0.25) is 4.79 Å². The van der Waals surface area contributed by atoms with Crippen LogP contribution in [0.5, 0.6) is 0 Å². The molecule has 1 aliphatic heterocycles. The summed E-state index contributed by atoms with van der Waals surface area (Å²) in [4.78, 5) is 22.9. The number of aliphatic hydroxyl groups is 1. The predicted molar refractivity (Wildman–Crippen MR) is 136 cm³/mol. The predicted octanol–water partition coefficient (Wildman–Crippen LogP) is 5.75. The van der Waals surface area contributed by atoms with Gasteiger partial charge in [0.05, 0.1) is 17.6 Å². The van der Waals surface area contributed by atoms with Crippen molar-refractivity contribution in [1.82, 2.24) is 9.88 Å². The van der Waals surface area contributed by atoms with Crippen molar-refractivity contribution in [2.75, 3.05) is 13.1 Å². The highest BCUT2D eigenvalue weighted by Crippen LogP contribution is 2.57. The molecule has 33 heavy (non-hydrogen) atoms. The second-order valence-electron chi connectivity index (χ2n) is 10.7. The molecule has 1 N–H and O–H groups in total. The van der Waals surface area contributed by atoms with Crippen LogP contribution in [0.1, 0.15) is 68.0 Å². The lowest BCUT2D eigenvalue weighted by Crippen LogP contribution is -2.53. The molecule has 1 aromatic heterocycles. The Morgan fingerprint density at radius 3 is 2.76 bits per heavy atom. The lowest BCUT2D eigenvalue weighted by Gasteiger charge is -2.53. The molecule has 178 valence electrons. The first-order valence-corrected chi connectivity index (χ1v) is 14.3. The van der Waals surface area contributed by atoms with E-state index in [0.717, 1.165) is 50.9 Å². The first kappa shape index (κ1) is 23.4. The highest BCUT2D eigenvalue weighted by atomic mass is 32.2. The molecule has 6 atom stereocenters. The lowest BCUT2D eigenvalue weighted by molar-refractivity contribution is -0.143. The van der Waals surface area contributed by atoms with E-state index in [1.54, 1.807) is 0 Å². The summed E-state index contributed by atoms with van der Waals surface area (Å²) in [6.45, 7) is 8.44. The molecule has 0 spiro atoms. The average molecular weight is 485 g/mol. The highest BCUT2D eigenvalue weighted by molar-refractivity contribution is 7.98. The van der Waals surface area contributed by atoms with Gasteiger partial charge in [0.15, 0.2) is 0 Å². The monoisotopic (exact) mass is 484 g/mol. The molecule has 6 heteroatoms. The van der Waals surface area contributed by atoms with E-state index in [4.69, 9.17) is 4.98 Å². The molecule has 1 aromatic carbocycles. The van der Waals surface area contributed by atoms with Gasteiger partial charge in [-0.1, -0.05) is 39.0 Å². The van der Waals surface area contributed by atoms with Crippen LogP contribution in [-0.2, 0) is 17.0 Å². The number of aromatic nitrogens is 1. The molecule has 0 bridgehead atoms. The number of fused-ring (bicyclic) bond motifs is 2. The first-order valence-electron chi connectivity index (χ1n) is 12.5. The van der Waals surface area contributed by atoms with Gasteiger partial charge in [0.1, 0.15) is 5.01 Å². The molecule has 1 amide bonds. The third-order valence-electron chi connectivity index (χ3n) is 8.52. The van der Waals surface area contributed by atoms with Crippen molar-refractivity contribution in [3.8, 4) is 0 Å². The van der Waals surface area contributed by atoms with Crippen LogP contribution in [0.25, 0.3) is 0 Å². The number of thioether (sulfide) groups is 1. The van der Waals surface area contributed by atoms with Gasteiger partial charge in [-0.25, -0.2) is 4.98 Å². The lowest BCUT2D eigenvalue weighted by atomic mass is 9.53. The summed E-state index contributed by atoms with van der Waals surface area (Å²) in [5.74, 6) is 1.46. The van der Waals surface area contributed by atoms with E-state index in [-0.39, 0.29) is 35.0 Å². The van der Waals surface area contributed by atoms with Crippen molar-refractivity contribution >= 4 is 29.0 Å². The van der Waals surface area contributed by atoms with Gasteiger partial charge >= 0.3 is 0 Å². The number of nitrogens with zero attached hydrogens (tertiary/aromatic N) is 2. The zero-order valence-electron chi connectivity index (χ0n) is 20.0. The van der Waals surface area contributed by atoms with Crippen LogP contribution in [0.3, 0.4) is 0 Å². The van der Waals surface area contributed by atoms with Crippen molar-refractivity contribution in [2.45, 2.75) is 75.5 Å². The number of thiazole rings is 1. The van der Waals surface area contributed by atoms with Crippen LogP contribution in [0.2, 0.25) is 0 Å². The molecule has 3 aliphatic rings. The highest BCUT2D eigenvalue weighted by Gasteiger charge is 2.54. The SMILES string of the molecule is C[C@H](C(=O)N1CCCC1)C1CC[C@@]2(C)Cc3sc(CSc4ccccc4)nc3[C@@H](C)[C@@H]2[C@H]1O. The second-order valence-corrected chi connectivity index (χ2v) is 12.9. The normalized spacial score (nSPS) is 32.3. The van der Waals surface area contributed by atoms with Gasteiger partial charge in [0.25, 0.3) is 0 Å². The summed E-state index contributed by atoms with van der Waals surface area (Å²) in [7, 11) is 0. The molecule has 5 rings (SSSR count). The number of carbonyl (C=O) groups excluding carboxylic acids is 1. The zero-order chi connectivity index (χ0) is 23.2. The molecule has 2 heterocycles. The molecule has 2 fully saturated rings. The number of likely N-dealkylation sites (tertiary alicyclic amines) is 1. The van der Waals surface area contributed by atoms with Gasteiger partial charge in [-0.05, 0) is 61.5 Å². The van der Waals surface area contributed by atoms with Crippen molar-refractivity contribution in [1.29, 1.82) is 0 Å². The van der Waals surface area contributed by atoms with Gasteiger partial charge in [0.2, 0.25) is 5.91 Å². The van der Waals surface area contributed by atoms with E-state index in [0.29, 0.717) is 0 Å². The Bertz CT molecular complexity index is 987. The zero-order valence-corrected chi connectivity index (χ0v) is 21.6. The Hall–Kier alpha value is -1.37. The van der Waals surface area contributed by atoms with Crippen LogP contribution >= 0.6 is 23.1 Å². The fourth-order valence-electron chi connectivity index (χ4n) is 6.73. The van der Waals surface area contributed by atoms with Gasteiger partial charge < -0.3 is 10.0 Å². The number of carbonyl (C=O) groups is 1. The fourth-order valence-corrected chi connectivity index (χ4v) is 9.01. The number of amides is 1. The van der Waals surface area contributed by atoms with Crippen molar-refractivity contribution < 1.29 is 9.90 Å². The maximum absolute atomic E-state index is 13.1. The Labute approximate surface area is 206 Å². The summed E-state index contributed by atoms with van der Waals surface area (Å²) in [5.41, 5.74) is 1.28. The Morgan fingerprint density at radius 1 is 1.30 bits per heavy atom. The Balaban J connectivity index is 1.33. The summed E-state index contributed by atoms with van der Waals surface area (Å²) in [6, 6.07) is 10.5. The van der Waals surface area contributed by atoms with E-state index in [1.807, 2.05) is 28.0 Å². The van der Waals surface area contributed by atoms with Gasteiger partial charge in [-0.15, -0.1) is 23.1 Å². The van der Waals surface area contributed by atoms with Crippen LogP contribution in [0, 0.1) is 23.2 Å². The number of aliphatic hydroxyl groups excluding tert-OH is 1. The maximum atomic E-state index is 13.1. The van der Waals surface area contributed by atoms with Crippen LogP contribution in [0.15, 0.2) is 35.2 Å². The first-order chi connectivity index (χ1) is 15.9. The van der Waals surface area contributed by atoms with E-state index < -0.39 is 6.10 Å². The number of hydrogen-bond acceptors (Lipinski definition) is 5. The summed E-state index contributed by atoms with van der Waals surface area (Å²) in [5, 5.41) is 12.8. The second kappa shape index (κ2) is 9.35. The topological polar surface area (TPSA) is 53.4 Å². The Kier molecular flexibility index (Phi) is 6.62. The molecular weight excluding hydrogens is 448 g/mol. The maximum Gasteiger partial charge on any atom is 0.225 e. The summed E-state index contributed by atoms with van der Waals surface area (Å²) in [6.07, 6.45) is 4.79. The molecule has 0 radical (unpaired) electrons. The molecule has 2 aliphatic carbocycles. The minimum atomic E-state index is -0.447. The molecule has 4 nitrogen and oxygen atoms in total. The van der Waals surface area contributed by atoms with Crippen LogP contribution < -0.4 is 0 Å². The molecule has 1 unspecified atom stereocenters. The average Bonchev–Trinajstić information content (AvgIpc) is 3.47. The van der Waals surface area contributed by atoms with Gasteiger partial charge in [0, 0.05) is 34.7 Å².